The summed E-state index contributed by atoms with van der Waals surface area (Å²) in [5.41, 5.74) is 1.40. The Morgan fingerprint density at radius 2 is 1.62 bits per heavy atom. The summed E-state index contributed by atoms with van der Waals surface area (Å²) < 4.78 is 6.02. The van der Waals surface area contributed by atoms with Crippen LogP contribution >= 0.6 is 15.9 Å². The van der Waals surface area contributed by atoms with Crippen molar-refractivity contribution < 1.29 is 19.1 Å². The Balaban J connectivity index is 1.55. The predicted octanol–water partition coefficient (Wildman–Crippen LogP) is 3.37. The second kappa shape index (κ2) is 9.52. The Hall–Kier alpha value is -2.93. The van der Waals surface area contributed by atoms with E-state index in [-0.39, 0.29) is 11.8 Å². The van der Waals surface area contributed by atoms with Crippen LogP contribution in [0.15, 0.2) is 59.1 Å². The minimum atomic E-state index is -0.432. The van der Waals surface area contributed by atoms with Gasteiger partial charge in [-0.25, -0.2) is 0 Å². The predicted molar refractivity (Wildman–Crippen MR) is 113 cm³/mol. The third kappa shape index (κ3) is 5.77. The molecule has 2 amide bonds. The van der Waals surface area contributed by atoms with Gasteiger partial charge < -0.3 is 14.5 Å². The Morgan fingerprint density at radius 1 is 0.966 bits per heavy atom. The van der Waals surface area contributed by atoms with Crippen molar-refractivity contribution in [2.45, 2.75) is 6.92 Å². The molecule has 3 rings (SSSR count). The van der Waals surface area contributed by atoms with Crippen molar-refractivity contribution in [3.63, 3.8) is 0 Å². The van der Waals surface area contributed by atoms with Crippen LogP contribution in [0.25, 0.3) is 6.08 Å². The van der Waals surface area contributed by atoms with Crippen molar-refractivity contribution >= 4 is 39.8 Å². The number of hydrogen-bond acceptors (Lipinski definition) is 4. The highest BCUT2D eigenvalue weighted by Crippen LogP contribution is 2.17. The van der Waals surface area contributed by atoms with E-state index in [4.69, 9.17) is 4.74 Å². The monoisotopic (exact) mass is 456 g/mol. The van der Waals surface area contributed by atoms with E-state index in [1.54, 1.807) is 46.2 Å². The van der Waals surface area contributed by atoms with Crippen LogP contribution < -0.4 is 4.74 Å². The number of halogens is 1. The van der Waals surface area contributed by atoms with Crippen LogP contribution in [0.2, 0.25) is 0 Å². The number of nitrogens with zero attached hydrogens (tertiary/aromatic N) is 2. The second-order valence-electron chi connectivity index (χ2n) is 6.62. The average molecular weight is 457 g/mol. The van der Waals surface area contributed by atoms with Gasteiger partial charge in [-0.2, -0.15) is 0 Å². The SMILES string of the molecule is CC(=O)Oc1cccc(C(=O)N2CCN(C(=O)/C=C/c3ccc(Br)cc3)CC2)c1. The number of benzene rings is 2. The van der Waals surface area contributed by atoms with Crippen LogP contribution in [-0.4, -0.2) is 53.8 Å². The van der Waals surface area contributed by atoms with Gasteiger partial charge in [0.2, 0.25) is 5.91 Å². The summed E-state index contributed by atoms with van der Waals surface area (Å²) in [6.45, 7) is 3.16. The smallest absolute Gasteiger partial charge is 0.308 e. The Morgan fingerprint density at radius 3 is 2.28 bits per heavy atom. The molecule has 29 heavy (non-hydrogen) atoms. The molecule has 7 heteroatoms. The van der Waals surface area contributed by atoms with Crippen LogP contribution in [0.4, 0.5) is 0 Å². The van der Waals surface area contributed by atoms with Crippen molar-refractivity contribution in [2.24, 2.45) is 0 Å². The Kier molecular flexibility index (Phi) is 6.82. The molecule has 6 nitrogen and oxygen atoms in total. The van der Waals surface area contributed by atoms with E-state index >= 15 is 0 Å². The molecule has 0 aromatic heterocycles. The molecule has 2 aromatic carbocycles. The fourth-order valence-corrected chi connectivity index (χ4v) is 3.28. The number of ether oxygens (including phenoxy) is 1. The third-order valence-electron chi connectivity index (χ3n) is 4.51. The summed E-state index contributed by atoms with van der Waals surface area (Å²) in [7, 11) is 0. The Labute approximate surface area is 177 Å². The summed E-state index contributed by atoms with van der Waals surface area (Å²) in [5, 5.41) is 0. The van der Waals surface area contributed by atoms with Gasteiger partial charge in [-0.05, 0) is 42.0 Å². The van der Waals surface area contributed by atoms with E-state index in [9.17, 15) is 14.4 Å². The zero-order chi connectivity index (χ0) is 20.8. The van der Waals surface area contributed by atoms with Crippen molar-refractivity contribution in [3.8, 4) is 5.75 Å². The fourth-order valence-electron chi connectivity index (χ4n) is 3.02. The Bertz CT molecular complexity index is 932. The first-order valence-electron chi connectivity index (χ1n) is 9.23. The van der Waals surface area contributed by atoms with Gasteiger partial charge in [0.1, 0.15) is 5.75 Å². The average Bonchev–Trinajstić information content (AvgIpc) is 2.72. The van der Waals surface area contributed by atoms with Crippen LogP contribution in [0.5, 0.6) is 5.75 Å². The van der Waals surface area contributed by atoms with E-state index in [1.165, 1.54) is 6.92 Å². The van der Waals surface area contributed by atoms with Gasteiger partial charge in [-0.3, -0.25) is 14.4 Å². The highest BCUT2D eigenvalue weighted by Gasteiger charge is 2.24. The number of carbonyl (C=O) groups is 3. The lowest BCUT2D eigenvalue weighted by molar-refractivity contribution is -0.132. The molecule has 0 radical (unpaired) electrons. The molecule has 1 heterocycles. The largest absolute Gasteiger partial charge is 0.427 e. The summed E-state index contributed by atoms with van der Waals surface area (Å²) in [6, 6.07) is 14.2. The van der Waals surface area contributed by atoms with Crippen molar-refractivity contribution in [1.82, 2.24) is 9.80 Å². The first-order valence-corrected chi connectivity index (χ1v) is 10.0. The highest BCUT2D eigenvalue weighted by molar-refractivity contribution is 9.10. The molecule has 0 bridgehead atoms. The lowest BCUT2D eigenvalue weighted by Gasteiger charge is -2.34. The van der Waals surface area contributed by atoms with Crippen LogP contribution in [-0.2, 0) is 9.59 Å². The van der Waals surface area contributed by atoms with E-state index in [0.717, 1.165) is 10.0 Å². The van der Waals surface area contributed by atoms with Crippen molar-refractivity contribution in [2.75, 3.05) is 26.2 Å². The molecular weight excluding hydrogens is 436 g/mol. The quantitative estimate of drug-likeness (QED) is 0.401. The van der Waals surface area contributed by atoms with Crippen LogP contribution in [0.1, 0.15) is 22.8 Å². The first kappa shape index (κ1) is 20.8. The van der Waals surface area contributed by atoms with E-state index in [0.29, 0.717) is 37.5 Å². The van der Waals surface area contributed by atoms with Gasteiger partial charge in [-0.15, -0.1) is 0 Å². The molecule has 2 aromatic rings. The van der Waals surface area contributed by atoms with Crippen LogP contribution in [0.3, 0.4) is 0 Å². The highest BCUT2D eigenvalue weighted by atomic mass is 79.9. The van der Waals surface area contributed by atoms with Gasteiger partial charge in [0, 0.05) is 49.2 Å². The molecule has 150 valence electrons. The third-order valence-corrected chi connectivity index (χ3v) is 5.04. The second-order valence-corrected chi connectivity index (χ2v) is 7.54. The first-order chi connectivity index (χ1) is 13.9. The number of esters is 1. The minimum Gasteiger partial charge on any atom is -0.427 e. The maximum Gasteiger partial charge on any atom is 0.308 e. The molecular formula is C22H21BrN2O4. The van der Waals surface area contributed by atoms with Crippen LogP contribution in [0, 0.1) is 0 Å². The van der Waals surface area contributed by atoms with E-state index < -0.39 is 5.97 Å². The van der Waals surface area contributed by atoms with Crippen molar-refractivity contribution in [3.05, 3.63) is 70.2 Å². The standard InChI is InChI=1S/C22H21BrN2O4/c1-16(26)29-20-4-2-3-18(15-20)22(28)25-13-11-24(12-14-25)21(27)10-7-17-5-8-19(23)9-6-17/h2-10,15H,11-14H2,1H3/b10-7+. The molecule has 0 N–H and O–H groups in total. The lowest BCUT2D eigenvalue weighted by Crippen LogP contribution is -2.50. The van der Waals surface area contributed by atoms with Crippen molar-refractivity contribution in [1.29, 1.82) is 0 Å². The molecule has 1 saturated heterocycles. The fraction of sp³-hybridized carbons (Fsp3) is 0.227. The molecule has 0 unspecified atom stereocenters. The summed E-state index contributed by atoms with van der Waals surface area (Å²) in [4.78, 5) is 39.7. The zero-order valence-electron chi connectivity index (χ0n) is 16.0. The van der Waals surface area contributed by atoms with Gasteiger partial charge in [0.25, 0.3) is 5.91 Å². The normalized spacial score (nSPS) is 14.1. The summed E-state index contributed by atoms with van der Waals surface area (Å²) >= 11 is 3.38. The maximum absolute atomic E-state index is 12.7. The number of carbonyl (C=O) groups excluding carboxylic acids is 3. The molecule has 0 atom stereocenters. The molecule has 1 aliphatic heterocycles. The van der Waals surface area contributed by atoms with E-state index in [2.05, 4.69) is 15.9 Å². The topological polar surface area (TPSA) is 66.9 Å². The maximum atomic E-state index is 12.7. The van der Waals surface area contributed by atoms with Gasteiger partial charge in [0.15, 0.2) is 0 Å². The number of hydrogen-bond donors (Lipinski definition) is 0. The summed E-state index contributed by atoms with van der Waals surface area (Å²) in [5.74, 6) is -0.304. The summed E-state index contributed by atoms with van der Waals surface area (Å²) in [6.07, 6.45) is 3.34. The van der Waals surface area contributed by atoms with Gasteiger partial charge in [-0.1, -0.05) is 34.1 Å². The molecule has 1 fully saturated rings. The van der Waals surface area contributed by atoms with E-state index in [1.807, 2.05) is 24.3 Å². The molecule has 0 spiro atoms. The molecule has 0 saturated carbocycles. The van der Waals surface area contributed by atoms with Gasteiger partial charge in [0.05, 0.1) is 0 Å². The number of rotatable bonds is 4. The lowest BCUT2D eigenvalue weighted by atomic mass is 10.1. The molecule has 1 aliphatic rings. The van der Waals surface area contributed by atoms with Gasteiger partial charge >= 0.3 is 5.97 Å². The number of piperazine rings is 1. The minimum absolute atomic E-state index is 0.0723. The zero-order valence-corrected chi connectivity index (χ0v) is 17.6. The number of amides is 2. The molecule has 0 aliphatic carbocycles.